The van der Waals surface area contributed by atoms with Crippen LogP contribution in [0.4, 0.5) is 0 Å². The lowest BCUT2D eigenvalue weighted by atomic mass is 9.71. The van der Waals surface area contributed by atoms with Crippen LogP contribution in [-0.2, 0) is 0 Å². The number of hydrogen-bond acceptors (Lipinski definition) is 0. The summed E-state index contributed by atoms with van der Waals surface area (Å²) in [5.74, 6) is 1.41. The molecule has 2 aliphatic rings. The van der Waals surface area contributed by atoms with Gasteiger partial charge in [-0.25, -0.2) is 0 Å². The lowest BCUT2D eigenvalue weighted by molar-refractivity contribution is 0.317. The molecule has 1 fully saturated rings. The molecular weight excluding hydrogens is 348 g/mol. The van der Waals surface area contributed by atoms with Crippen LogP contribution >= 0.6 is 0 Å². The third kappa shape index (κ3) is 4.92. The van der Waals surface area contributed by atoms with E-state index in [1.165, 1.54) is 46.3 Å². The highest BCUT2D eigenvalue weighted by molar-refractivity contribution is 5.79. The summed E-state index contributed by atoms with van der Waals surface area (Å²) in [6, 6.07) is 6.76. The van der Waals surface area contributed by atoms with Gasteiger partial charge in [0.15, 0.2) is 0 Å². The minimum atomic E-state index is 0.465. The van der Waals surface area contributed by atoms with E-state index in [2.05, 4.69) is 95.9 Å². The van der Waals surface area contributed by atoms with Gasteiger partial charge >= 0.3 is 0 Å². The van der Waals surface area contributed by atoms with Crippen LogP contribution in [0.25, 0.3) is 5.57 Å². The Hall–Kier alpha value is -2.08. The number of aryl methyl sites for hydroxylation is 2. The first-order chi connectivity index (χ1) is 13.9. The summed E-state index contributed by atoms with van der Waals surface area (Å²) in [6.07, 6.45) is 17.1. The monoisotopic (exact) mass is 388 g/mol. The molecule has 1 aromatic carbocycles. The molecule has 3 atom stereocenters. The average Bonchev–Trinajstić information content (AvgIpc) is 3.42. The van der Waals surface area contributed by atoms with Crippen molar-refractivity contribution in [2.75, 3.05) is 0 Å². The summed E-state index contributed by atoms with van der Waals surface area (Å²) < 4.78 is 0. The molecule has 29 heavy (non-hydrogen) atoms. The quantitative estimate of drug-likeness (QED) is 0.427. The summed E-state index contributed by atoms with van der Waals surface area (Å²) in [7, 11) is 0. The van der Waals surface area contributed by atoms with Crippen molar-refractivity contribution in [1.82, 2.24) is 0 Å². The zero-order chi connectivity index (χ0) is 21.6. The standard InChI is InChI=1S/C27H34.C2H6/c1-7-9-10-11-20(4)25-17-23(24-16-19(3)12-13-21(24)5)14-15-26(25)27(8-2)18-22(27)6;1-2/h7,9-14,16-17,22,26H,4,8,15,18H2,1-3,5-6H3;1-2H3/b9-7-,11-10-;. The maximum absolute atomic E-state index is 4.45. The molecule has 0 N–H and O–H groups in total. The Labute approximate surface area is 179 Å². The summed E-state index contributed by atoms with van der Waals surface area (Å²) in [5.41, 5.74) is 8.48. The second kappa shape index (κ2) is 10.1. The first kappa shape index (κ1) is 23.2. The molecule has 0 heteroatoms. The van der Waals surface area contributed by atoms with Crippen molar-refractivity contribution in [3.8, 4) is 0 Å². The van der Waals surface area contributed by atoms with Crippen LogP contribution in [0.3, 0.4) is 0 Å². The van der Waals surface area contributed by atoms with Gasteiger partial charge in [0.25, 0.3) is 0 Å². The summed E-state index contributed by atoms with van der Waals surface area (Å²) in [6.45, 7) is 19.7. The van der Waals surface area contributed by atoms with E-state index in [4.69, 9.17) is 0 Å². The largest absolute Gasteiger partial charge is 0.0915 e. The SMILES string of the molecule is C=C(/C=C\C=C/C)C1=CC(c2cc(C)ccc2C)=CCC1C1(CC)CC1C.CC. The smallest absolute Gasteiger partial charge is 0.00620 e. The zero-order valence-electron chi connectivity index (χ0n) is 19.7. The molecule has 0 bridgehead atoms. The van der Waals surface area contributed by atoms with Crippen LogP contribution in [0, 0.1) is 31.1 Å². The van der Waals surface area contributed by atoms with E-state index >= 15 is 0 Å². The number of allylic oxidation sites excluding steroid dienone is 9. The van der Waals surface area contributed by atoms with Gasteiger partial charge in [0.2, 0.25) is 0 Å². The molecule has 3 rings (SSSR count). The highest BCUT2D eigenvalue weighted by Gasteiger charge is 2.55. The van der Waals surface area contributed by atoms with Crippen molar-refractivity contribution >= 4 is 5.57 Å². The molecule has 0 saturated heterocycles. The number of benzene rings is 1. The molecule has 1 saturated carbocycles. The minimum absolute atomic E-state index is 0.465. The van der Waals surface area contributed by atoms with Gasteiger partial charge in [-0.2, -0.15) is 0 Å². The molecule has 0 aromatic heterocycles. The third-order valence-corrected chi connectivity index (χ3v) is 6.80. The fourth-order valence-corrected chi connectivity index (χ4v) is 4.91. The molecule has 3 unspecified atom stereocenters. The van der Waals surface area contributed by atoms with Crippen LogP contribution in [0.5, 0.6) is 0 Å². The van der Waals surface area contributed by atoms with Crippen LogP contribution in [0.2, 0.25) is 0 Å². The fourth-order valence-electron chi connectivity index (χ4n) is 4.91. The Balaban J connectivity index is 0.00000145. The van der Waals surface area contributed by atoms with Gasteiger partial charge in [0.1, 0.15) is 0 Å². The van der Waals surface area contributed by atoms with Crippen molar-refractivity contribution in [1.29, 1.82) is 0 Å². The van der Waals surface area contributed by atoms with E-state index in [1.807, 2.05) is 13.8 Å². The number of rotatable bonds is 6. The minimum Gasteiger partial charge on any atom is -0.0915 e. The molecule has 0 radical (unpaired) electrons. The average molecular weight is 389 g/mol. The van der Waals surface area contributed by atoms with Crippen LogP contribution in [0.15, 0.2) is 72.4 Å². The second-order valence-corrected chi connectivity index (χ2v) is 8.47. The third-order valence-electron chi connectivity index (χ3n) is 6.80. The van der Waals surface area contributed by atoms with Crippen molar-refractivity contribution in [3.63, 3.8) is 0 Å². The zero-order valence-corrected chi connectivity index (χ0v) is 19.7. The maximum Gasteiger partial charge on any atom is -0.00620 e. The van der Waals surface area contributed by atoms with E-state index in [-0.39, 0.29) is 0 Å². The van der Waals surface area contributed by atoms with E-state index in [9.17, 15) is 0 Å². The topological polar surface area (TPSA) is 0 Å². The van der Waals surface area contributed by atoms with Crippen molar-refractivity contribution < 1.29 is 0 Å². The highest BCUT2D eigenvalue weighted by Crippen LogP contribution is 2.64. The Morgan fingerprint density at radius 3 is 2.48 bits per heavy atom. The van der Waals surface area contributed by atoms with Gasteiger partial charge in [0, 0.05) is 0 Å². The molecule has 0 aliphatic heterocycles. The number of hydrogen-bond donors (Lipinski definition) is 0. The van der Waals surface area contributed by atoms with Gasteiger partial charge in [-0.3, -0.25) is 0 Å². The van der Waals surface area contributed by atoms with Gasteiger partial charge in [0.05, 0.1) is 0 Å². The lowest BCUT2D eigenvalue weighted by Crippen LogP contribution is -2.22. The Morgan fingerprint density at radius 2 is 1.90 bits per heavy atom. The predicted molar refractivity (Wildman–Crippen MR) is 131 cm³/mol. The summed E-state index contributed by atoms with van der Waals surface area (Å²) in [5, 5.41) is 0. The van der Waals surface area contributed by atoms with Crippen molar-refractivity contribution in [2.45, 2.75) is 67.7 Å². The molecule has 0 nitrogen and oxygen atoms in total. The highest BCUT2D eigenvalue weighted by atomic mass is 14.6. The Bertz CT molecular complexity index is 839. The van der Waals surface area contributed by atoms with E-state index in [1.54, 1.807) is 0 Å². The Kier molecular flexibility index (Phi) is 8.08. The van der Waals surface area contributed by atoms with Crippen LogP contribution in [-0.4, -0.2) is 0 Å². The van der Waals surface area contributed by atoms with Gasteiger partial charge in [-0.1, -0.05) is 94.5 Å². The normalized spacial score (nSPS) is 26.0. The molecule has 2 aliphatic carbocycles. The predicted octanol–water partition coefficient (Wildman–Crippen LogP) is 8.78. The van der Waals surface area contributed by atoms with E-state index in [0.29, 0.717) is 11.3 Å². The summed E-state index contributed by atoms with van der Waals surface area (Å²) >= 11 is 0. The lowest BCUT2D eigenvalue weighted by Gasteiger charge is -2.33. The molecular formula is C29H40. The maximum atomic E-state index is 4.45. The summed E-state index contributed by atoms with van der Waals surface area (Å²) in [4.78, 5) is 0. The van der Waals surface area contributed by atoms with Gasteiger partial charge in [-0.05, 0) is 85.1 Å². The Morgan fingerprint density at radius 1 is 1.21 bits per heavy atom. The first-order valence-electron chi connectivity index (χ1n) is 11.4. The molecule has 0 heterocycles. The van der Waals surface area contributed by atoms with Crippen LogP contribution in [0.1, 0.15) is 70.6 Å². The first-order valence-corrected chi connectivity index (χ1v) is 11.4. The van der Waals surface area contributed by atoms with Crippen LogP contribution < -0.4 is 0 Å². The molecule has 1 aromatic rings. The molecule has 156 valence electrons. The van der Waals surface area contributed by atoms with E-state index < -0.39 is 0 Å². The fraction of sp³-hybridized carbons (Fsp3) is 0.448. The van der Waals surface area contributed by atoms with E-state index in [0.717, 1.165) is 12.3 Å². The van der Waals surface area contributed by atoms with Gasteiger partial charge in [-0.15, -0.1) is 0 Å². The molecule has 0 spiro atoms. The van der Waals surface area contributed by atoms with Crippen molar-refractivity contribution in [3.05, 3.63) is 89.1 Å². The second-order valence-electron chi connectivity index (χ2n) is 8.47. The van der Waals surface area contributed by atoms with Crippen molar-refractivity contribution in [2.24, 2.45) is 17.3 Å². The molecule has 0 amide bonds. The van der Waals surface area contributed by atoms with Gasteiger partial charge < -0.3 is 0 Å².